The van der Waals surface area contributed by atoms with Crippen LogP contribution in [0.1, 0.15) is 53.3 Å². The topological polar surface area (TPSA) is 20.2 Å². The maximum atomic E-state index is 10.6. The fourth-order valence-corrected chi connectivity index (χ4v) is 2.80. The van der Waals surface area contributed by atoms with Gasteiger partial charge in [0.15, 0.2) is 0 Å². The maximum Gasteiger partial charge on any atom is 0.104 e. The summed E-state index contributed by atoms with van der Waals surface area (Å²) in [6.45, 7) is 8.48. The molecule has 106 valence electrons. The molecule has 0 heterocycles. The summed E-state index contributed by atoms with van der Waals surface area (Å²) >= 11 is 0. The Balaban J connectivity index is 2.40. The molecule has 0 aromatic heterocycles. The minimum absolute atomic E-state index is 0.535. The first-order valence-electron chi connectivity index (χ1n) is 7.43. The van der Waals surface area contributed by atoms with E-state index in [9.17, 15) is 5.11 Å². The van der Waals surface area contributed by atoms with Gasteiger partial charge in [-0.1, -0.05) is 55.8 Å². The second-order valence-electron chi connectivity index (χ2n) is 5.50. The molecule has 0 amide bonds. The molecule has 0 aliphatic heterocycles. The van der Waals surface area contributed by atoms with Gasteiger partial charge in [0, 0.05) is 0 Å². The molecule has 1 unspecified atom stereocenters. The van der Waals surface area contributed by atoms with Crippen LogP contribution in [0.2, 0.25) is 0 Å². The van der Waals surface area contributed by atoms with Gasteiger partial charge >= 0.3 is 0 Å². The van der Waals surface area contributed by atoms with Crippen LogP contribution in [0.4, 0.5) is 0 Å². The SMILES string of the molecule is CCc1ccc(C(O)c2ccc(C)cc2C)cc1CC. The first-order valence-corrected chi connectivity index (χ1v) is 7.43. The molecule has 0 aliphatic rings. The van der Waals surface area contributed by atoms with E-state index in [1.165, 1.54) is 16.7 Å². The number of aliphatic hydroxyl groups excluding tert-OH is 1. The fourth-order valence-electron chi connectivity index (χ4n) is 2.80. The lowest BCUT2D eigenvalue weighted by atomic mass is 9.92. The van der Waals surface area contributed by atoms with Crippen molar-refractivity contribution in [1.29, 1.82) is 0 Å². The summed E-state index contributed by atoms with van der Waals surface area (Å²) in [5, 5.41) is 10.6. The lowest BCUT2D eigenvalue weighted by molar-refractivity contribution is 0.219. The minimum Gasteiger partial charge on any atom is -0.384 e. The van der Waals surface area contributed by atoms with E-state index in [4.69, 9.17) is 0 Å². The number of rotatable bonds is 4. The van der Waals surface area contributed by atoms with E-state index in [1.54, 1.807) is 0 Å². The van der Waals surface area contributed by atoms with Crippen LogP contribution in [0.15, 0.2) is 36.4 Å². The average Bonchev–Trinajstić information content (AvgIpc) is 2.45. The summed E-state index contributed by atoms with van der Waals surface area (Å²) < 4.78 is 0. The van der Waals surface area contributed by atoms with Crippen LogP contribution in [0.25, 0.3) is 0 Å². The second-order valence-corrected chi connectivity index (χ2v) is 5.50. The molecule has 0 spiro atoms. The molecule has 0 saturated carbocycles. The number of aryl methyl sites for hydroxylation is 4. The molecule has 2 aromatic carbocycles. The molecule has 1 N–H and O–H groups in total. The second kappa shape index (κ2) is 6.23. The van der Waals surface area contributed by atoms with Crippen LogP contribution in [0.3, 0.4) is 0 Å². The highest BCUT2D eigenvalue weighted by molar-refractivity contribution is 5.40. The van der Waals surface area contributed by atoms with E-state index in [0.29, 0.717) is 0 Å². The van der Waals surface area contributed by atoms with Gasteiger partial charge in [0.25, 0.3) is 0 Å². The van der Waals surface area contributed by atoms with Gasteiger partial charge in [0.1, 0.15) is 6.10 Å². The van der Waals surface area contributed by atoms with Crippen molar-refractivity contribution in [3.63, 3.8) is 0 Å². The van der Waals surface area contributed by atoms with Gasteiger partial charge in [-0.2, -0.15) is 0 Å². The van der Waals surface area contributed by atoms with Crippen LogP contribution in [0, 0.1) is 13.8 Å². The Morgan fingerprint density at radius 3 is 2.20 bits per heavy atom. The summed E-state index contributed by atoms with van der Waals surface area (Å²) in [5.41, 5.74) is 7.09. The lowest BCUT2D eigenvalue weighted by Crippen LogP contribution is -2.04. The highest BCUT2D eigenvalue weighted by Crippen LogP contribution is 2.27. The molecule has 20 heavy (non-hydrogen) atoms. The summed E-state index contributed by atoms with van der Waals surface area (Å²) in [4.78, 5) is 0. The normalized spacial score (nSPS) is 12.4. The maximum absolute atomic E-state index is 10.6. The summed E-state index contributed by atoms with van der Waals surface area (Å²) in [6, 6.07) is 12.6. The summed E-state index contributed by atoms with van der Waals surface area (Å²) in [5.74, 6) is 0. The van der Waals surface area contributed by atoms with Gasteiger partial charge in [0.2, 0.25) is 0 Å². The molecule has 1 nitrogen and oxygen atoms in total. The molecule has 0 saturated heterocycles. The number of hydrogen-bond acceptors (Lipinski definition) is 1. The van der Waals surface area contributed by atoms with Crippen molar-refractivity contribution in [2.45, 2.75) is 46.6 Å². The third-order valence-corrected chi connectivity index (χ3v) is 4.03. The number of hydrogen-bond donors (Lipinski definition) is 1. The molecule has 0 radical (unpaired) electrons. The Morgan fingerprint density at radius 2 is 1.60 bits per heavy atom. The lowest BCUT2D eigenvalue weighted by Gasteiger charge is -2.17. The van der Waals surface area contributed by atoms with Gasteiger partial charge in [-0.05, 0) is 54.5 Å². The Labute approximate surface area is 122 Å². The van der Waals surface area contributed by atoms with Gasteiger partial charge in [-0.15, -0.1) is 0 Å². The van der Waals surface area contributed by atoms with Crippen LogP contribution >= 0.6 is 0 Å². The van der Waals surface area contributed by atoms with Gasteiger partial charge in [0.05, 0.1) is 0 Å². The van der Waals surface area contributed by atoms with Crippen LogP contribution in [-0.4, -0.2) is 5.11 Å². The Morgan fingerprint density at radius 1 is 0.900 bits per heavy atom. The first kappa shape index (κ1) is 14.8. The molecule has 2 aromatic rings. The van der Waals surface area contributed by atoms with Crippen molar-refractivity contribution in [3.05, 3.63) is 69.8 Å². The third kappa shape index (κ3) is 2.94. The Kier molecular flexibility index (Phi) is 4.61. The summed E-state index contributed by atoms with van der Waals surface area (Å²) in [7, 11) is 0. The summed E-state index contributed by atoms with van der Waals surface area (Å²) in [6.07, 6.45) is 1.52. The molecule has 1 heteroatoms. The Bertz CT molecular complexity index is 599. The molecular formula is C19H24O. The van der Waals surface area contributed by atoms with Crippen molar-refractivity contribution < 1.29 is 5.11 Å². The highest BCUT2D eigenvalue weighted by Gasteiger charge is 2.14. The van der Waals surface area contributed by atoms with Crippen molar-refractivity contribution in [1.82, 2.24) is 0 Å². The number of aliphatic hydroxyl groups is 1. The van der Waals surface area contributed by atoms with Crippen LogP contribution in [-0.2, 0) is 12.8 Å². The Hall–Kier alpha value is -1.60. The molecule has 0 bridgehead atoms. The number of benzene rings is 2. The van der Waals surface area contributed by atoms with E-state index >= 15 is 0 Å². The molecule has 0 aliphatic carbocycles. The van der Waals surface area contributed by atoms with E-state index in [0.717, 1.165) is 29.5 Å². The van der Waals surface area contributed by atoms with Crippen LogP contribution < -0.4 is 0 Å². The largest absolute Gasteiger partial charge is 0.384 e. The van der Waals surface area contributed by atoms with Gasteiger partial charge in [-0.25, -0.2) is 0 Å². The van der Waals surface area contributed by atoms with Crippen molar-refractivity contribution in [3.8, 4) is 0 Å². The highest BCUT2D eigenvalue weighted by atomic mass is 16.3. The average molecular weight is 268 g/mol. The zero-order chi connectivity index (χ0) is 14.7. The van der Waals surface area contributed by atoms with E-state index in [1.807, 2.05) is 6.07 Å². The van der Waals surface area contributed by atoms with E-state index in [-0.39, 0.29) is 0 Å². The monoisotopic (exact) mass is 268 g/mol. The predicted molar refractivity (Wildman–Crippen MR) is 85.2 cm³/mol. The van der Waals surface area contributed by atoms with Gasteiger partial charge < -0.3 is 5.11 Å². The van der Waals surface area contributed by atoms with Crippen molar-refractivity contribution in [2.24, 2.45) is 0 Å². The standard InChI is InChI=1S/C19H24O/c1-5-15-8-9-17(12-16(15)6-2)19(20)18-10-7-13(3)11-14(18)4/h7-12,19-20H,5-6H2,1-4H3. The quantitative estimate of drug-likeness (QED) is 0.865. The smallest absolute Gasteiger partial charge is 0.104 e. The van der Waals surface area contributed by atoms with Crippen molar-refractivity contribution >= 4 is 0 Å². The third-order valence-electron chi connectivity index (χ3n) is 4.03. The first-order chi connectivity index (χ1) is 9.56. The molecular weight excluding hydrogens is 244 g/mol. The van der Waals surface area contributed by atoms with Crippen molar-refractivity contribution in [2.75, 3.05) is 0 Å². The minimum atomic E-state index is -0.535. The van der Waals surface area contributed by atoms with Gasteiger partial charge in [-0.3, -0.25) is 0 Å². The predicted octanol–water partition coefficient (Wildman–Crippen LogP) is 4.51. The fraction of sp³-hybridized carbons (Fsp3) is 0.368. The van der Waals surface area contributed by atoms with Crippen LogP contribution in [0.5, 0.6) is 0 Å². The molecule has 1 atom stereocenters. The molecule has 0 fully saturated rings. The van der Waals surface area contributed by atoms with E-state index < -0.39 is 6.10 Å². The zero-order valence-corrected chi connectivity index (χ0v) is 12.9. The van der Waals surface area contributed by atoms with E-state index in [2.05, 4.69) is 58.0 Å². The zero-order valence-electron chi connectivity index (χ0n) is 12.9. The molecule has 2 rings (SSSR count).